The molecule has 4 aromatic rings. The lowest BCUT2D eigenvalue weighted by Crippen LogP contribution is -2.32. The lowest BCUT2D eigenvalue weighted by atomic mass is 10.1. The van der Waals surface area contributed by atoms with Gasteiger partial charge in [0.05, 0.1) is 6.33 Å². The zero-order valence-corrected chi connectivity index (χ0v) is 15.6. The van der Waals surface area contributed by atoms with E-state index in [9.17, 15) is 14.4 Å². The first-order valence-corrected chi connectivity index (χ1v) is 9.01. The molecule has 0 aliphatic rings. The van der Waals surface area contributed by atoms with E-state index in [0.29, 0.717) is 16.7 Å². The summed E-state index contributed by atoms with van der Waals surface area (Å²) in [5, 5.41) is 6.06. The Bertz CT molecular complexity index is 1270. The van der Waals surface area contributed by atoms with E-state index in [1.807, 2.05) is 18.2 Å². The number of carbonyl (C=O) groups is 2. The second kappa shape index (κ2) is 7.59. The van der Waals surface area contributed by atoms with E-state index < -0.39 is 5.56 Å². The van der Waals surface area contributed by atoms with Crippen molar-refractivity contribution in [3.63, 3.8) is 0 Å². The first-order valence-electron chi connectivity index (χ1n) is 9.01. The summed E-state index contributed by atoms with van der Waals surface area (Å²) in [6.07, 6.45) is 1.35. The van der Waals surface area contributed by atoms with Crippen molar-refractivity contribution < 1.29 is 14.0 Å². The maximum absolute atomic E-state index is 12.6. The van der Waals surface area contributed by atoms with Crippen LogP contribution in [0, 0.1) is 0 Å². The molecule has 29 heavy (non-hydrogen) atoms. The minimum Gasteiger partial charge on any atom is -0.448 e. The Morgan fingerprint density at radius 1 is 1.10 bits per heavy atom. The molecule has 2 N–H and O–H groups in total. The van der Waals surface area contributed by atoms with Crippen LogP contribution in [0.3, 0.4) is 0 Å². The number of benzene rings is 2. The monoisotopic (exact) mass is 390 g/mol. The Labute approximate surface area is 165 Å². The average Bonchev–Trinajstić information content (AvgIpc) is 3.13. The number of hydrogen-bond acceptors (Lipinski definition) is 5. The number of furan rings is 1. The summed E-state index contributed by atoms with van der Waals surface area (Å²) in [5.41, 5.74) is 2.17. The number of fused-ring (bicyclic) bond motifs is 3. The van der Waals surface area contributed by atoms with Crippen molar-refractivity contribution in [2.24, 2.45) is 0 Å². The van der Waals surface area contributed by atoms with Gasteiger partial charge >= 0.3 is 0 Å². The Balaban J connectivity index is 1.46. The molecule has 0 saturated heterocycles. The maximum atomic E-state index is 12.6. The van der Waals surface area contributed by atoms with Crippen molar-refractivity contribution in [3.8, 4) is 0 Å². The van der Waals surface area contributed by atoms with Gasteiger partial charge in [-0.05, 0) is 29.8 Å². The predicted octanol–water partition coefficient (Wildman–Crippen LogP) is 1.82. The molecular weight excluding hydrogens is 372 g/mol. The Morgan fingerprint density at radius 3 is 2.62 bits per heavy atom. The standard InChI is InChI=1S/C21H18N4O4/c1-22-20(27)14-8-6-13(7-9-14)10-23-17(26)11-25-12-24-18-15-4-2-3-5-16(15)29-19(18)21(25)28/h2-9,12H,10-11H2,1H3,(H,22,27)(H,23,26). The summed E-state index contributed by atoms with van der Waals surface area (Å²) in [6, 6.07) is 14.2. The van der Waals surface area contributed by atoms with Crippen LogP contribution in [0.1, 0.15) is 15.9 Å². The van der Waals surface area contributed by atoms with Crippen molar-refractivity contribution in [1.82, 2.24) is 20.2 Å². The summed E-state index contributed by atoms with van der Waals surface area (Å²) in [4.78, 5) is 40.8. The van der Waals surface area contributed by atoms with Gasteiger partial charge in [-0.15, -0.1) is 0 Å². The van der Waals surface area contributed by atoms with Crippen LogP contribution >= 0.6 is 0 Å². The van der Waals surface area contributed by atoms with Crippen molar-refractivity contribution in [3.05, 3.63) is 76.3 Å². The first kappa shape index (κ1) is 18.4. The van der Waals surface area contributed by atoms with Gasteiger partial charge in [0, 0.05) is 24.5 Å². The molecule has 0 aliphatic carbocycles. The molecule has 2 heterocycles. The largest absolute Gasteiger partial charge is 0.448 e. The number of hydrogen-bond donors (Lipinski definition) is 2. The fourth-order valence-corrected chi connectivity index (χ4v) is 3.06. The molecule has 0 fully saturated rings. The van der Waals surface area contributed by atoms with Crippen LogP contribution in [-0.2, 0) is 17.9 Å². The lowest BCUT2D eigenvalue weighted by Gasteiger charge is -2.08. The highest BCUT2D eigenvalue weighted by Crippen LogP contribution is 2.23. The third kappa shape index (κ3) is 3.60. The predicted molar refractivity (Wildman–Crippen MR) is 107 cm³/mol. The van der Waals surface area contributed by atoms with Crippen LogP contribution in [0.15, 0.2) is 64.1 Å². The fraction of sp³-hybridized carbons (Fsp3) is 0.143. The van der Waals surface area contributed by atoms with E-state index in [4.69, 9.17) is 4.42 Å². The minimum atomic E-state index is -0.406. The second-order valence-corrected chi connectivity index (χ2v) is 6.51. The first-order chi connectivity index (χ1) is 14.1. The van der Waals surface area contributed by atoms with Gasteiger partial charge in [-0.1, -0.05) is 24.3 Å². The molecule has 0 aliphatic heterocycles. The Morgan fingerprint density at radius 2 is 1.86 bits per heavy atom. The Hall–Kier alpha value is -3.94. The van der Waals surface area contributed by atoms with E-state index in [2.05, 4.69) is 15.6 Å². The van der Waals surface area contributed by atoms with Crippen LogP contribution < -0.4 is 16.2 Å². The SMILES string of the molecule is CNC(=O)c1ccc(CNC(=O)Cn2cnc3c(oc4ccccc43)c2=O)cc1. The fourth-order valence-electron chi connectivity index (χ4n) is 3.06. The highest BCUT2D eigenvalue weighted by molar-refractivity contribution is 6.01. The molecule has 0 saturated carbocycles. The number of rotatable bonds is 5. The van der Waals surface area contributed by atoms with Gasteiger partial charge in [-0.25, -0.2) is 4.98 Å². The van der Waals surface area contributed by atoms with E-state index >= 15 is 0 Å². The van der Waals surface area contributed by atoms with Crippen LogP contribution in [0.25, 0.3) is 22.1 Å². The number of nitrogens with one attached hydrogen (secondary N) is 2. The van der Waals surface area contributed by atoms with Crippen molar-refractivity contribution in [2.45, 2.75) is 13.1 Å². The topological polar surface area (TPSA) is 106 Å². The van der Waals surface area contributed by atoms with Gasteiger partial charge in [0.15, 0.2) is 0 Å². The Kier molecular flexibility index (Phi) is 4.82. The molecule has 0 bridgehead atoms. The summed E-state index contributed by atoms with van der Waals surface area (Å²) < 4.78 is 6.83. The van der Waals surface area contributed by atoms with Crippen LogP contribution in [0.2, 0.25) is 0 Å². The lowest BCUT2D eigenvalue weighted by molar-refractivity contribution is -0.121. The molecule has 2 amide bonds. The van der Waals surface area contributed by atoms with Gasteiger partial charge in [0.25, 0.3) is 11.5 Å². The molecule has 2 aromatic heterocycles. The molecule has 0 radical (unpaired) electrons. The number of aromatic nitrogens is 2. The molecule has 8 heteroatoms. The molecule has 0 unspecified atom stereocenters. The number of para-hydroxylation sites is 1. The molecule has 0 spiro atoms. The van der Waals surface area contributed by atoms with Crippen LogP contribution in [-0.4, -0.2) is 28.4 Å². The second-order valence-electron chi connectivity index (χ2n) is 6.51. The van der Waals surface area contributed by atoms with Gasteiger partial charge in [-0.2, -0.15) is 0 Å². The zero-order valence-electron chi connectivity index (χ0n) is 15.6. The van der Waals surface area contributed by atoms with E-state index in [1.165, 1.54) is 10.9 Å². The number of carbonyl (C=O) groups excluding carboxylic acids is 2. The molecule has 146 valence electrons. The molecular formula is C21H18N4O4. The van der Waals surface area contributed by atoms with E-state index in [-0.39, 0.29) is 30.5 Å². The normalized spacial score (nSPS) is 10.9. The molecule has 4 rings (SSSR count). The summed E-state index contributed by atoms with van der Waals surface area (Å²) in [7, 11) is 1.57. The average molecular weight is 390 g/mol. The van der Waals surface area contributed by atoms with Crippen molar-refractivity contribution >= 4 is 33.9 Å². The van der Waals surface area contributed by atoms with Gasteiger partial charge in [0.1, 0.15) is 17.6 Å². The van der Waals surface area contributed by atoms with Crippen LogP contribution in [0.4, 0.5) is 0 Å². The number of amides is 2. The highest BCUT2D eigenvalue weighted by atomic mass is 16.3. The maximum Gasteiger partial charge on any atom is 0.297 e. The van der Waals surface area contributed by atoms with Crippen molar-refractivity contribution in [1.29, 1.82) is 0 Å². The molecule has 2 aromatic carbocycles. The van der Waals surface area contributed by atoms with E-state index in [1.54, 1.807) is 37.4 Å². The minimum absolute atomic E-state index is 0.131. The summed E-state index contributed by atoms with van der Waals surface area (Å²) in [6.45, 7) is 0.108. The smallest absolute Gasteiger partial charge is 0.297 e. The number of nitrogens with zero attached hydrogens (tertiary/aromatic N) is 2. The molecule has 8 nitrogen and oxygen atoms in total. The van der Waals surface area contributed by atoms with Crippen LogP contribution in [0.5, 0.6) is 0 Å². The molecule has 0 atom stereocenters. The summed E-state index contributed by atoms with van der Waals surface area (Å²) >= 11 is 0. The van der Waals surface area contributed by atoms with E-state index in [0.717, 1.165) is 10.9 Å². The summed E-state index contributed by atoms with van der Waals surface area (Å²) in [5.74, 6) is -0.506. The van der Waals surface area contributed by atoms with Gasteiger partial charge in [-0.3, -0.25) is 19.0 Å². The third-order valence-electron chi connectivity index (χ3n) is 4.60. The van der Waals surface area contributed by atoms with Gasteiger partial charge in [0.2, 0.25) is 11.5 Å². The van der Waals surface area contributed by atoms with Gasteiger partial charge < -0.3 is 15.1 Å². The quantitative estimate of drug-likeness (QED) is 0.541. The zero-order chi connectivity index (χ0) is 20.4. The third-order valence-corrected chi connectivity index (χ3v) is 4.60. The highest BCUT2D eigenvalue weighted by Gasteiger charge is 2.14. The van der Waals surface area contributed by atoms with Crippen molar-refractivity contribution in [2.75, 3.05) is 7.05 Å².